The first-order chi connectivity index (χ1) is 27.2. The Labute approximate surface area is 344 Å². The number of nitrogens with one attached hydrogen (secondary N) is 1. The van der Waals surface area contributed by atoms with Crippen molar-refractivity contribution in [1.29, 1.82) is 0 Å². The van der Waals surface area contributed by atoms with Crippen LogP contribution in [0.5, 0.6) is 0 Å². The summed E-state index contributed by atoms with van der Waals surface area (Å²) in [7, 11) is 0. The molecule has 2 atom stereocenters. The Morgan fingerprint density at radius 2 is 0.727 bits per heavy atom. The first-order valence-electron chi connectivity index (χ1n) is 24.7. The highest BCUT2D eigenvalue weighted by atomic mass is 16.3. The maximum Gasteiger partial charge on any atom is 0.220 e. The zero-order chi connectivity index (χ0) is 40.0. The monoisotopic (exact) mass is 772 g/mol. The highest BCUT2D eigenvalue weighted by Crippen LogP contribution is 2.16. The predicted molar refractivity (Wildman–Crippen MR) is 244 cm³/mol. The molecule has 0 aliphatic heterocycles. The number of carbonyl (C=O) groups is 1. The van der Waals surface area contributed by atoms with Gasteiger partial charge in [0.15, 0.2) is 0 Å². The minimum absolute atomic E-state index is 0.0741. The van der Waals surface area contributed by atoms with Crippen molar-refractivity contribution in [2.24, 2.45) is 0 Å². The standard InChI is InChI=1S/C51H97NO3/c1-3-5-7-9-11-13-14-15-16-17-18-19-20-21-22-23-24-25-26-27-28-29-30-31-32-33-34-35-36-37-38-39-41-43-45-47-51(55)52-49(48-53)50(54)46-44-42-40-12-10-8-6-4-2/h10,12,17-18,44,46,49-50,53-54H,3-9,11,13-16,19-43,45,47-48H2,1-2H3,(H,52,55)/b12-10+,18-17-,46-44+. The van der Waals surface area contributed by atoms with E-state index < -0.39 is 12.1 Å². The Kier molecular flexibility index (Phi) is 45.8. The fourth-order valence-corrected chi connectivity index (χ4v) is 7.53. The summed E-state index contributed by atoms with van der Waals surface area (Å²) in [4.78, 5) is 12.3. The fourth-order valence-electron chi connectivity index (χ4n) is 7.53. The third kappa shape index (κ3) is 43.6. The second-order valence-corrected chi connectivity index (χ2v) is 16.9. The molecule has 0 aromatic rings. The van der Waals surface area contributed by atoms with Crippen LogP contribution >= 0.6 is 0 Å². The Bertz CT molecular complexity index is 836. The summed E-state index contributed by atoms with van der Waals surface area (Å²) in [5.41, 5.74) is 0. The van der Waals surface area contributed by atoms with E-state index in [1.54, 1.807) is 6.08 Å². The van der Waals surface area contributed by atoms with Crippen LogP contribution in [0.3, 0.4) is 0 Å². The minimum Gasteiger partial charge on any atom is -0.394 e. The van der Waals surface area contributed by atoms with Gasteiger partial charge in [-0.3, -0.25) is 4.79 Å². The highest BCUT2D eigenvalue weighted by molar-refractivity contribution is 5.76. The number of unbranched alkanes of at least 4 members (excludes halogenated alkanes) is 34. The van der Waals surface area contributed by atoms with Gasteiger partial charge >= 0.3 is 0 Å². The van der Waals surface area contributed by atoms with Gasteiger partial charge in [-0.05, 0) is 51.4 Å². The second-order valence-electron chi connectivity index (χ2n) is 16.9. The summed E-state index contributed by atoms with van der Waals surface area (Å²) in [6.45, 7) is 4.23. The van der Waals surface area contributed by atoms with E-state index in [0.29, 0.717) is 6.42 Å². The average molecular weight is 772 g/mol. The molecule has 1 amide bonds. The molecule has 0 aromatic carbocycles. The lowest BCUT2D eigenvalue weighted by Gasteiger charge is -2.19. The first-order valence-corrected chi connectivity index (χ1v) is 24.7. The van der Waals surface area contributed by atoms with E-state index in [4.69, 9.17) is 0 Å². The van der Waals surface area contributed by atoms with E-state index >= 15 is 0 Å². The molecule has 324 valence electrons. The minimum atomic E-state index is -0.857. The zero-order valence-corrected chi connectivity index (χ0v) is 37.2. The van der Waals surface area contributed by atoms with Crippen molar-refractivity contribution < 1.29 is 15.0 Å². The fraction of sp³-hybridized carbons (Fsp3) is 0.863. The van der Waals surface area contributed by atoms with E-state index in [1.807, 2.05) is 6.08 Å². The lowest BCUT2D eigenvalue weighted by Crippen LogP contribution is -2.45. The number of hydrogen-bond acceptors (Lipinski definition) is 3. The average Bonchev–Trinajstić information content (AvgIpc) is 3.19. The molecule has 3 N–H and O–H groups in total. The molecule has 4 heteroatoms. The van der Waals surface area contributed by atoms with Crippen molar-refractivity contribution in [3.63, 3.8) is 0 Å². The Morgan fingerprint density at radius 3 is 1.11 bits per heavy atom. The van der Waals surface area contributed by atoms with Crippen molar-refractivity contribution in [2.45, 2.75) is 276 Å². The molecule has 55 heavy (non-hydrogen) atoms. The second kappa shape index (κ2) is 47.0. The van der Waals surface area contributed by atoms with Crippen LogP contribution in [-0.4, -0.2) is 34.9 Å². The van der Waals surface area contributed by atoms with Crippen LogP contribution in [0.15, 0.2) is 36.5 Å². The van der Waals surface area contributed by atoms with Gasteiger partial charge in [0.1, 0.15) is 0 Å². The topological polar surface area (TPSA) is 69.6 Å². The molecule has 0 radical (unpaired) electrons. The van der Waals surface area contributed by atoms with Gasteiger partial charge in [0.05, 0.1) is 18.8 Å². The SMILES string of the molecule is CCCC/C=C/CC/C=C/C(O)C(CO)NC(=O)CCCCCCCCCCCCCCCCCCCCCCCCC/C=C\CCCCCCCCCC. The van der Waals surface area contributed by atoms with Gasteiger partial charge in [-0.1, -0.05) is 243 Å². The Balaban J connectivity index is 3.35. The number of carbonyl (C=O) groups excluding carboxylic acids is 1. The summed E-state index contributed by atoms with van der Waals surface area (Å²) in [6.07, 6.45) is 63.2. The quantitative estimate of drug-likeness (QED) is 0.0426. The van der Waals surface area contributed by atoms with Crippen LogP contribution in [0.25, 0.3) is 0 Å². The van der Waals surface area contributed by atoms with Crippen LogP contribution in [-0.2, 0) is 4.79 Å². The Hall–Kier alpha value is -1.39. The third-order valence-electron chi connectivity index (χ3n) is 11.3. The molecule has 0 saturated carbocycles. The first kappa shape index (κ1) is 53.6. The molecule has 0 aliphatic carbocycles. The largest absolute Gasteiger partial charge is 0.394 e. The molecule has 0 aliphatic rings. The maximum atomic E-state index is 12.3. The lowest BCUT2D eigenvalue weighted by molar-refractivity contribution is -0.123. The van der Waals surface area contributed by atoms with Crippen LogP contribution < -0.4 is 5.32 Å². The normalized spacial score (nSPS) is 13.2. The molecule has 0 fully saturated rings. The summed E-state index contributed by atoms with van der Waals surface area (Å²) < 4.78 is 0. The van der Waals surface area contributed by atoms with Crippen molar-refractivity contribution in [1.82, 2.24) is 5.32 Å². The van der Waals surface area contributed by atoms with Gasteiger partial charge in [-0.15, -0.1) is 0 Å². The summed E-state index contributed by atoms with van der Waals surface area (Å²) in [6, 6.07) is -0.634. The molecule has 0 rings (SSSR count). The number of rotatable bonds is 45. The molecule has 0 bridgehead atoms. The van der Waals surface area contributed by atoms with Crippen molar-refractivity contribution in [3.8, 4) is 0 Å². The Morgan fingerprint density at radius 1 is 0.418 bits per heavy atom. The van der Waals surface area contributed by atoms with Gasteiger partial charge in [-0.25, -0.2) is 0 Å². The van der Waals surface area contributed by atoms with E-state index in [0.717, 1.165) is 32.1 Å². The summed E-state index contributed by atoms with van der Waals surface area (Å²) in [5, 5.41) is 22.8. The van der Waals surface area contributed by atoms with Gasteiger partial charge in [0.25, 0.3) is 0 Å². The van der Waals surface area contributed by atoms with Gasteiger partial charge in [0, 0.05) is 6.42 Å². The van der Waals surface area contributed by atoms with Gasteiger partial charge < -0.3 is 15.5 Å². The summed E-state index contributed by atoms with van der Waals surface area (Å²) >= 11 is 0. The van der Waals surface area contributed by atoms with Crippen LogP contribution in [0.4, 0.5) is 0 Å². The zero-order valence-electron chi connectivity index (χ0n) is 37.2. The number of aliphatic hydroxyl groups excluding tert-OH is 2. The molecule has 0 heterocycles. The number of allylic oxidation sites excluding steroid dienone is 5. The maximum absolute atomic E-state index is 12.3. The smallest absolute Gasteiger partial charge is 0.220 e. The highest BCUT2D eigenvalue weighted by Gasteiger charge is 2.17. The third-order valence-corrected chi connectivity index (χ3v) is 11.3. The van der Waals surface area contributed by atoms with Gasteiger partial charge in [-0.2, -0.15) is 0 Å². The van der Waals surface area contributed by atoms with E-state index in [-0.39, 0.29) is 12.5 Å². The lowest BCUT2D eigenvalue weighted by atomic mass is 10.0. The molecular weight excluding hydrogens is 675 g/mol. The molecule has 2 unspecified atom stereocenters. The van der Waals surface area contributed by atoms with E-state index in [2.05, 4.69) is 43.5 Å². The number of amides is 1. The van der Waals surface area contributed by atoms with Crippen molar-refractivity contribution in [3.05, 3.63) is 36.5 Å². The van der Waals surface area contributed by atoms with Crippen LogP contribution in [0, 0.1) is 0 Å². The van der Waals surface area contributed by atoms with Crippen LogP contribution in [0.1, 0.15) is 264 Å². The number of hydrogen-bond donors (Lipinski definition) is 3. The van der Waals surface area contributed by atoms with E-state index in [9.17, 15) is 15.0 Å². The van der Waals surface area contributed by atoms with E-state index in [1.165, 1.54) is 212 Å². The molecule has 0 spiro atoms. The molecule has 0 aromatic heterocycles. The van der Waals surface area contributed by atoms with Crippen molar-refractivity contribution >= 4 is 5.91 Å². The van der Waals surface area contributed by atoms with Crippen molar-refractivity contribution in [2.75, 3.05) is 6.61 Å². The predicted octanol–water partition coefficient (Wildman–Crippen LogP) is 15.7. The molecule has 0 saturated heterocycles. The van der Waals surface area contributed by atoms with Crippen LogP contribution in [0.2, 0.25) is 0 Å². The molecular formula is C51H97NO3. The number of aliphatic hydroxyl groups is 2. The molecule has 4 nitrogen and oxygen atoms in total. The van der Waals surface area contributed by atoms with Gasteiger partial charge in [0.2, 0.25) is 5.91 Å². The summed E-state index contributed by atoms with van der Waals surface area (Å²) in [5.74, 6) is -0.0741.